The lowest BCUT2D eigenvalue weighted by Gasteiger charge is -2.56. The summed E-state index contributed by atoms with van der Waals surface area (Å²) in [5, 5.41) is 21.1. The van der Waals surface area contributed by atoms with E-state index in [2.05, 4.69) is 50.5 Å². The van der Waals surface area contributed by atoms with E-state index in [0.29, 0.717) is 11.2 Å². The van der Waals surface area contributed by atoms with Crippen molar-refractivity contribution >= 4 is 15.9 Å². The summed E-state index contributed by atoms with van der Waals surface area (Å²) < 4.78 is 26.9. The first-order valence-electron chi connectivity index (χ1n) is 14.4. The molecule has 4 aliphatic rings. The highest BCUT2D eigenvalue weighted by molar-refractivity contribution is 9.09. The first-order valence-corrected chi connectivity index (χ1v) is 15.3. The Balaban J connectivity index is 1.37. The summed E-state index contributed by atoms with van der Waals surface area (Å²) in [4.78, 5) is 0.356. The van der Waals surface area contributed by atoms with Crippen LogP contribution >= 0.6 is 15.9 Å². The number of ether oxygens (including phenoxy) is 4. The molecule has 0 spiro atoms. The van der Waals surface area contributed by atoms with E-state index in [1.54, 1.807) is 19.9 Å². The van der Waals surface area contributed by atoms with Gasteiger partial charge >= 0.3 is 0 Å². The molecule has 0 amide bonds. The second-order valence-electron chi connectivity index (χ2n) is 14.2. The Bertz CT molecular complexity index is 851. The Hall–Kier alpha value is -0.0200. The second kappa shape index (κ2) is 10.1. The summed E-state index contributed by atoms with van der Waals surface area (Å²) in [6.45, 7) is 16.2. The first kappa shape index (κ1) is 30.0. The number of aliphatic hydroxyl groups is 2. The van der Waals surface area contributed by atoms with Crippen LogP contribution in [0, 0.1) is 0 Å². The van der Waals surface area contributed by atoms with Crippen LogP contribution in [0.4, 0.5) is 0 Å². The van der Waals surface area contributed by atoms with Crippen molar-refractivity contribution in [3.8, 4) is 0 Å². The van der Waals surface area contributed by atoms with E-state index in [-0.39, 0.29) is 41.2 Å². The normalized spacial score (nSPS) is 46.5. The van der Waals surface area contributed by atoms with Crippen molar-refractivity contribution in [1.29, 1.82) is 0 Å². The van der Waals surface area contributed by atoms with Crippen molar-refractivity contribution in [3.63, 3.8) is 0 Å². The van der Waals surface area contributed by atoms with Crippen molar-refractivity contribution in [2.45, 2.75) is 176 Å². The average Bonchev–Trinajstić information content (AvgIpc) is 3.18. The van der Waals surface area contributed by atoms with Gasteiger partial charge < -0.3 is 29.2 Å². The third-order valence-electron chi connectivity index (χ3n) is 9.59. The molecule has 214 valence electrons. The van der Waals surface area contributed by atoms with E-state index >= 15 is 0 Å². The zero-order chi connectivity index (χ0) is 27.5. The van der Waals surface area contributed by atoms with Gasteiger partial charge in [0, 0.05) is 4.83 Å². The Labute approximate surface area is 233 Å². The number of hydrogen-bond donors (Lipinski definition) is 2. The van der Waals surface area contributed by atoms with Crippen molar-refractivity contribution in [1.82, 2.24) is 0 Å². The molecule has 2 N–H and O–H groups in total. The van der Waals surface area contributed by atoms with E-state index in [0.717, 1.165) is 51.4 Å². The molecule has 0 aromatic heterocycles. The molecule has 0 aromatic carbocycles. The lowest BCUT2D eigenvalue weighted by Crippen LogP contribution is -2.63. The molecule has 0 aromatic rings. The number of fused-ring (bicyclic) bond motifs is 1. The second-order valence-corrected chi connectivity index (χ2v) is 15.4. The third-order valence-corrected chi connectivity index (χ3v) is 11.1. The van der Waals surface area contributed by atoms with Crippen molar-refractivity contribution in [2.75, 3.05) is 0 Å². The molecule has 0 aliphatic carbocycles. The summed E-state index contributed by atoms with van der Waals surface area (Å²) in [5.41, 5.74) is -3.18. The van der Waals surface area contributed by atoms with Crippen LogP contribution < -0.4 is 0 Å². The van der Waals surface area contributed by atoms with E-state index in [4.69, 9.17) is 18.9 Å². The maximum absolute atomic E-state index is 11.2. The summed E-state index contributed by atoms with van der Waals surface area (Å²) in [6, 6.07) is 0. The predicted molar refractivity (Wildman–Crippen MR) is 149 cm³/mol. The molecule has 6 nitrogen and oxygen atoms in total. The zero-order valence-electron chi connectivity index (χ0n) is 24.3. The topological polar surface area (TPSA) is 77.4 Å². The highest BCUT2D eigenvalue weighted by Crippen LogP contribution is 2.50. The van der Waals surface area contributed by atoms with Gasteiger partial charge in [0.25, 0.3) is 0 Å². The molecule has 4 aliphatic heterocycles. The zero-order valence-corrected chi connectivity index (χ0v) is 25.9. The van der Waals surface area contributed by atoms with Crippen LogP contribution in [0.25, 0.3) is 0 Å². The quantitative estimate of drug-likeness (QED) is 0.294. The van der Waals surface area contributed by atoms with Gasteiger partial charge in [-0.2, -0.15) is 0 Å². The van der Waals surface area contributed by atoms with Gasteiger partial charge in [0.15, 0.2) is 0 Å². The smallest absolute Gasteiger partial charge is 0.0923 e. The van der Waals surface area contributed by atoms with Crippen molar-refractivity contribution in [2.24, 2.45) is 0 Å². The maximum Gasteiger partial charge on any atom is 0.0923 e. The molecule has 0 radical (unpaired) electrons. The average molecular weight is 588 g/mol. The molecule has 4 rings (SSSR count). The van der Waals surface area contributed by atoms with Gasteiger partial charge in [0.1, 0.15) is 0 Å². The fourth-order valence-electron chi connectivity index (χ4n) is 7.02. The molecule has 37 heavy (non-hydrogen) atoms. The summed E-state index contributed by atoms with van der Waals surface area (Å²) in [5.74, 6) is 0. The van der Waals surface area contributed by atoms with Crippen LogP contribution in [0.2, 0.25) is 0 Å². The fraction of sp³-hybridized carbons (Fsp3) is 0.933. The number of alkyl halides is 1. The van der Waals surface area contributed by atoms with Gasteiger partial charge in [-0.05, 0) is 113 Å². The molecule has 4 heterocycles. The minimum Gasteiger partial charge on any atom is -0.387 e. The first-order chi connectivity index (χ1) is 16.9. The standard InChI is InChI=1S/C30H51BrO6/c1-25(2,32)15-9-16-27(5,33)21-13-18-29(7,35-21)24-11-10-22-28(6,36-24)19-14-23(34-22)30(8)17-12-20(31)26(3,4)37-30/h9,15,20-24,32-33H,10-14,16-19H2,1-8H3/b15-9+/t20-,21+,22-,23-,24-,27-,28+,29+,30+/m1/s1. The SMILES string of the molecule is CC(C)(O)/C=C/C[C@@](C)(O)[C@@H]1CC[C@@](C)([C@H]2CC[C@H]3O[C@@H]([C@]4(C)CC[C@@H](Br)C(C)(C)O4)CC[C@]3(C)O2)O1. The fourth-order valence-corrected chi connectivity index (χ4v) is 7.34. The predicted octanol–water partition coefficient (Wildman–Crippen LogP) is 5.99. The van der Waals surface area contributed by atoms with Crippen molar-refractivity contribution < 1.29 is 29.2 Å². The van der Waals surface area contributed by atoms with E-state index in [1.165, 1.54) is 0 Å². The minimum atomic E-state index is -1.00. The Kier molecular flexibility index (Phi) is 8.19. The van der Waals surface area contributed by atoms with Gasteiger partial charge in [0.05, 0.1) is 58.0 Å². The lowest BCUT2D eigenvalue weighted by atomic mass is 9.75. The molecule has 9 atom stereocenters. The van der Waals surface area contributed by atoms with Crippen molar-refractivity contribution in [3.05, 3.63) is 12.2 Å². The molecular weight excluding hydrogens is 536 g/mol. The Morgan fingerprint density at radius 2 is 1.35 bits per heavy atom. The number of hydrogen-bond acceptors (Lipinski definition) is 6. The highest BCUT2D eigenvalue weighted by Gasteiger charge is 2.57. The number of halogens is 1. The van der Waals surface area contributed by atoms with Crippen LogP contribution in [-0.2, 0) is 18.9 Å². The summed E-state index contributed by atoms with van der Waals surface area (Å²) in [6.07, 6.45) is 11.2. The van der Waals surface area contributed by atoms with Gasteiger partial charge in [-0.3, -0.25) is 0 Å². The van der Waals surface area contributed by atoms with Crippen LogP contribution in [0.1, 0.15) is 113 Å². The summed E-state index contributed by atoms with van der Waals surface area (Å²) >= 11 is 3.80. The van der Waals surface area contributed by atoms with E-state index in [1.807, 2.05) is 13.0 Å². The van der Waals surface area contributed by atoms with Gasteiger partial charge in [-0.1, -0.05) is 28.1 Å². The Morgan fingerprint density at radius 3 is 2.00 bits per heavy atom. The minimum absolute atomic E-state index is 0.0313. The monoisotopic (exact) mass is 586 g/mol. The maximum atomic E-state index is 11.2. The number of rotatable bonds is 6. The van der Waals surface area contributed by atoms with Crippen LogP contribution in [0.3, 0.4) is 0 Å². The molecule has 7 heteroatoms. The molecule has 4 saturated heterocycles. The van der Waals surface area contributed by atoms with Gasteiger partial charge in [0.2, 0.25) is 0 Å². The molecular formula is C30H51BrO6. The lowest BCUT2D eigenvalue weighted by molar-refractivity contribution is -0.304. The Morgan fingerprint density at radius 1 is 0.784 bits per heavy atom. The summed E-state index contributed by atoms with van der Waals surface area (Å²) in [7, 11) is 0. The van der Waals surface area contributed by atoms with Crippen LogP contribution in [0.5, 0.6) is 0 Å². The van der Waals surface area contributed by atoms with E-state index < -0.39 is 16.8 Å². The van der Waals surface area contributed by atoms with E-state index in [9.17, 15) is 10.2 Å². The van der Waals surface area contributed by atoms with Gasteiger partial charge in [-0.25, -0.2) is 0 Å². The highest BCUT2D eigenvalue weighted by atomic mass is 79.9. The van der Waals surface area contributed by atoms with Crippen LogP contribution in [-0.4, -0.2) is 73.1 Å². The van der Waals surface area contributed by atoms with Crippen LogP contribution in [0.15, 0.2) is 12.2 Å². The van der Waals surface area contributed by atoms with Gasteiger partial charge in [-0.15, -0.1) is 0 Å². The molecule has 4 fully saturated rings. The molecule has 0 bridgehead atoms. The largest absolute Gasteiger partial charge is 0.387 e. The molecule has 0 unspecified atom stereocenters. The molecule has 0 saturated carbocycles. The third kappa shape index (κ3) is 6.34.